The second-order valence-electron chi connectivity index (χ2n) is 5.99. The van der Waals surface area contributed by atoms with Crippen LogP contribution in [0.5, 0.6) is 17.2 Å². The minimum Gasteiger partial charge on any atom is -0.493 e. The van der Waals surface area contributed by atoms with Crippen molar-refractivity contribution in [2.24, 2.45) is 5.92 Å². The van der Waals surface area contributed by atoms with Crippen LogP contribution in [0.15, 0.2) is 12.1 Å². The third-order valence-corrected chi connectivity index (χ3v) is 4.67. The molecule has 0 radical (unpaired) electrons. The number of nitrogens with one attached hydrogen (secondary N) is 1. The Hall–Kier alpha value is -0.880. The summed E-state index contributed by atoms with van der Waals surface area (Å²) in [5, 5.41) is 3.43. The van der Waals surface area contributed by atoms with Crippen molar-refractivity contribution < 1.29 is 14.2 Å². The number of hydrogen-bond acceptors (Lipinski definition) is 5. The van der Waals surface area contributed by atoms with Crippen LogP contribution in [-0.4, -0.2) is 52.4 Å². The van der Waals surface area contributed by atoms with Gasteiger partial charge in [-0.25, -0.2) is 0 Å². The maximum absolute atomic E-state index is 5.71. The number of piperazine rings is 1. The van der Waals surface area contributed by atoms with E-state index < -0.39 is 0 Å². The van der Waals surface area contributed by atoms with Crippen LogP contribution in [0.4, 0.5) is 0 Å². The lowest BCUT2D eigenvalue weighted by atomic mass is 9.98. The van der Waals surface area contributed by atoms with E-state index in [4.69, 9.17) is 14.2 Å². The average Bonchev–Trinajstić information content (AvgIpc) is 3.40. The van der Waals surface area contributed by atoms with Crippen molar-refractivity contribution in [3.63, 3.8) is 0 Å². The monoisotopic (exact) mass is 378 g/mol. The molecule has 2 aliphatic rings. The molecule has 1 N–H and O–H groups in total. The number of ether oxygens (including phenoxy) is 3. The molecule has 0 amide bonds. The molecule has 1 aromatic carbocycles. The molecule has 7 heteroatoms. The van der Waals surface area contributed by atoms with E-state index in [0.29, 0.717) is 11.8 Å². The fourth-order valence-electron chi connectivity index (χ4n) is 3.48. The Morgan fingerprint density at radius 1 is 0.958 bits per heavy atom. The zero-order valence-corrected chi connectivity index (χ0v) is 16.2. The summed E-state index contributed by atoms with van der Waals surface area (Å²) >= 11 is 0. The van der Waals surface area contributed by atoms with Gasteiger partial charge in [-0.15, -0.1) is 24.8 Å². The van der Waals surface area contributed by atoms with E-state index in [9.17, 15) is 0 Å². The van der Waals surface area contributed by atoms with E-state index in [2.05, 4.69) is 16.3 Å². The van der Waals surface area contributed by atoms with Gasteiger partial charge in [0, 0.05) is 37.8 Å². The molecule has 1 aliphatic heterocycles. The predicted octanol–water partition coefficient (Wildman–Crippen LogP) is 2.91. The summed E-state index contributed by atoms with van der Waals surface area (Å²) in [4.78, 5) is 2.58. The molecule has 3 rings (SSSR count). The van der Waals surface area contributed by atoms with E-state index in [1.165, 1.54) is 18.4 Å². The van der Waals surface area contributed by atoms with E-state index in [-0.39, 0.29) is 24.8 Å². The molecule has 1 aliphatic carbocycles. The number of hydrogen-bond donors (Lipinski definition) is 1. The Balaban J connectivity index is 0.00000144. The van der Waals surface area contributed by atoms with Gasteiger partial charge in [-0.05, 0) is 30.9 Å². The van der Waals surface area contributed by atoms with Crippen molar-refractivity contribution in [3.8, 4) is 17.2 Å². The first-order valence-electron chi connectivity index (χ1n) is 8.03. The van der Waals surface area contributed by atoms with Crippen molar-refractivity contribution >= 4 is 24.8 Å². The van der Waals surface area contributed by atoms with Crippen LogP contribution in [0, 0.1) is 5.92 Å². The van der Waals surface area contributed by atoms with E-state index in [1.54, 1.807) is 21.3 Å². The highest BCUT2D eigenvalue weighted by Crippen LogP contribution is 2.50. The molecule has 1 saturated heterocycles. The summed E-state index contributed by atoms with van der Waals surface area (Å²) in [6.45, 7) is 4.27. The third-order valence-electron chi connectivity index (χ3n) is 4.67. The van der Waals surface area contributed by atoms with E-state index >= 15 is 0 Å². The summed E-state index contributed by atoms with van der Waals surface area (Å²) < 4.78 is 16.7. The minimum atomic E-state index is 0. The smallest absolute Gasteiger partial charge is 0.203 e. The molecule has 1 heterocycles. The Morgan fingerprint density at radius 3 is 2.08 bits per heavy atom. The van der Waals surface area contributed by atoms with Gasteiger partial charge in [-0.1, -0.05) is 0 Å². The lowest BCUT2D eigenvalue weighted by Crippen LogP contribution is -2.45. The van der Waals surface area contributed by atoms with Gasteiger partial charge < -0.3 is 19.5 Å². The van der Waals surface area contributed by atoms with Gasteiger partial charge in [0.1, 0.15) is 0 Å². The summed E-state index contributed by atoms with van der Waals surface area (Å²) in [5.41, 5.74) is 1.23. The predicted molar refractivity (Wildman–Crippen MR) is 101 cm³/mol. The number of benzene rings is 1. The van der Waals surface area contributed by atoms with Gasteiger partial charge >= 0.3 is 0 Å². The number of rotatable bonds is 6. The topological polar surface area (TPSA) is 43.0 Å². The molecule has 24 heavy (non-hydrogen) atoms. The molecule has 2 fully saturated rings. The van der Waals surface area contributed by atoms with Crippen LogP contribution in [0.1, 0.15) is 24.4 Å². The van der Waals surface area contributed by atoms with Crippen LogP contribution >= 0.6 is 24.8 Å². The van der Waals surface area contributed by atoms with E-state index in [0.717, 1.165) is 43.6 Å². The molecule has 138 valence electrons. The maximum Gasteiger partial charge on any atom is 0.203 e. The molecular formula is C17H28Cl2N2O3. The highest BCUT2D eigenvalue weighted by Gasteiger charge is 2.39. The van der Waals surface area contributed by atoms with Crippen LogP contribution in [0.3, 0.4) is 0 Å². The molecule has 5 nitrogen and oxygen atoms in total. The zero-order valence-electron chi connectivity index (χ0n) is 14.5. The number of halogens is 2. The molecule has 1 saturated carbocycles. The normalized spacial score (nSPS) is 18.8. The van der Waals surface area contributed by atoms with Gasteiger partial charge in [-0.3, -0.25) is 4.90 Å². The first kappa shape index (κ1) is 21.2. The molecular weight excluding hydrogens is 351 g/mol. The standard InChI is InChI=1S/C17H26N2O3.2ClH/c1-20-14-7-6-13(16(21-2)17(14)22-3)15(12-4-5-12)19-10-8-18-9-11-19;;/h6-7,12,15,18H,4-5,8-11H2,1-3H3;2*1H/t15-;;/m0../s1. The van der Waals surface area contributed by atoms with Gasteiger partial charge in [0.05, 0.1) is 21.3 Å². The average molecular weight is 379 g/mol. The third kappa shape index (κ3) is 4.20. The highest BCUT2D eigenvalue weighted by molar-refractivity contribution is 5.85. The Morgan fingerprint density at radius 2 is 1.58 bits per heavy atom. The van der Waals surface area contributed by atoms with Gasteiger partial charge in [0.15, 0.2) is 11.5 Å². The van der Waals surface area contributed by atoms with Crippen molar-refractivity contribution in [2.75, 3.05) is 47.5 Å². The van der Waals surface area contributed by atoms with Crippen LogP contribution < -0.4 is 19.5 Å². The van der Waals surface area contributed by atoms with Crippen LogP contribution in [0.2, 0.25) is 0 Å². The molecule has 1 atom stereocenters. The molecule has 0 aromatic heterocycles. The highest BCUT2D eigenvalue weighted by atomic mass is 35.5. The van der Waals surface area contributed by atoms with Crippen molar-refractivity contribution in [3.05, 3.63) is 17.7 Å². The van der Waals surface area contributed by atoms with Gasteiger partial charge in [0.2, 0.25) is 5.75 Å². The zero-order chi connectivity index (χ0) is 15.5. The van der Waals surface area contributed by atoms with E-state index in [1.807, 2.05) is 6.07 Å². The summed E-state index contributed by atoms with van der Waals surface area (Å²) in [5.74, 6) is 2.96. The van der Waals surface area contributed by atoms with Gasteiger partial charge in [-0.2, -0.15) is 0 Å². The van der Waals surface area contributed by atoms with Crippen LogP contribution in [-0.2, 0) is 0 Å². The SMILES string of the molecule is COc1ccc([C@H](C2CC2)N2CCNCC2)c(OC)c1OC.Cl.Cl. The lowest BCUT2D eigenvalue weighted by Gasteiger charge is -2.36. The minimum absolute atomic E-state index is 0. The van der Waals surface area contributed by atoms with Crippen molar-refractivity contribution in [1.82, 2.24) is 10.2 Å². The van der Waals surface area contributed by atoms with Gasteiger partial charge in [0.25, 0.3) is 0 Å². The largest absolute Gasteiger partial charge is 0.493 e. The quantitative estimate of drug-likeness (QED) is 0.824. The number of methoxy groups -OCH3 is 3. The van der Waals surface area contributed by atoms with Crippen LogP contribution in [0.25, 0.3) is 0 Å². The maximum atomic E-state index is 5.71. The van der Waals surface area contributed by atoms with Crippen molar-refractivity contribution in [2.45, 2.75) is 18.9 Å². The molecule has 0 spiro atoms. The summed E-state index contributed by atoms with van der Waals surface area (Å²) in [6, 6.07) is 4.55. The fraction of sp³-hybridized carbons (Fsp3) is 0.647. The molecule has 1 aromatic rings. The first-order valence-corrected chi connectivity index (χ1v) is 8.03. The number of nitrogens with zero attached hydrogens (tertiary/aromatic N) is 1. The lowest BCUT2D eigenvalue weighted by molar-refractivity contribution is 0.152. The Labute approximate surface area is 156 Å². The fourth-order valence-corrected chi connectivity index (χ4v) is 3.48. The molecule has 0 bridgehead atoms. The summed E-state index contributed by atoms with van der Waals surface area (Å²) in [6.07, 6.45) is 2.60. The Bertz CT molecular complexity index is 521. The first-order chi connectivity index (χ1) is 10.8. The van der Waals surface area contributed by atoms with Crippen molar-refractivity contribution in [1.29, 1.82) is 0 Å². The molecule has 0 unspecified atom stereocenters. The Kier molecular flexibility index (Phi) is 8.43. The summed E-state index contributed by atoms with van der Waals surface area (Å²) in [7, 11) is 5.04. The second kappa shape index (κ2) is 9.56. The second-order valence-corrected chi connectivity index (χ2v) is 5.99.